The van der Waals surface area contributed by atoms with Crippen molar-refractivity contribution in [3.63, 3.8) is 0 Å². The van der Waals surface area contributed by atoms with Crippen molar-refractivity contribution in [3.8, 4) is 0 Å². The molecular weight excluding hydrogens is 449 g/mol. The highest BCUT2D eigenvalue weighted by Gasteiger charge is 2.22. The number of carbonyl (C=O) groups is 3. The fourth-order valence-electron chi connectivity index (χ4n) is 2.62. The Kier molecular flexibility index (Phi) is 10.3. The Balaban J connectivity index is 0.00000450. The van der Waals surface area contributed by atoms with E-state index in [1.165, 1.54) is 11.0 Å². The van der Waals surface area contributed by atoms with Crippen molar-refractivity contribution >= 4 is 46.5 Å². The summed E-state index contributed by atoms with van der Waals surface area (Å²) < 4.78 is 0. The van der Waals surface area contributed by atoms with Crippen molar-refractivity contribution in [3.05, 3.63) is 63.6 Å². The summed E-state index contributed by atoms with van der Waals surface area (Å²) in [4.78, 5) is 38.8. The number of nitrogens with one attached hydrogen (secondary N) is 1. The first-order valence-corrected chi connectivity index (χ1v) is 9.91. The Morgan fingerprint density at radius 3 is 2.37 bits per heavy atom. The third-order valence-corrected chi connectivity index (χ3v) is 4.83. The second kappa shape index (κ2) is 11.9. The van der Waals surface area contributed by atoms with Crippen molar-refractivity contribution in [2.24, 2.45) is 0 Å². The fourth-order valence-corrected chi connectivity index (χ4v) is 3.01. The molecule has 0 aromatic heterocycles. The first-order chi connectivity index (χ1) is 13.7. The minimum Gasteiger partial charge on any atom is -1.00 e. The Morgan fingerprint density at radius 1 is 1.07 bits per heavy atom. The van der Waals surface area contributed by atoms with Gasteiger partial charge in [-0.25, -0.2) is 0 Å². The molecule has 0 aliphatic carbocycles. The first kappa shape index (κ1) is 25.9. The van der Waals surface area contributed by atoms with Gasteiger partial charge in [-0.2, -0.15) is 0 Å². The number of hydrogen-bond acceptors (Lipinski definition) is 3. The van der Waals surface area contributed by atoms with E-state index in [-0.39, 0.29) is 54.7 Å². The van der Waals surface area contributed by atoms with Crippen LogP contribution in [0.3, 0.4) is 0 Å². The number of carbonyl (C=O) groups excluding carboxylic acids is 3. The van der Waals surface area contributed by atoms with Crippen LogP contribution in [0.4, 0.5) is 5.69 Å². The number of ketones is 1. The highest BCUT2D eigenvalue weighted by atomic mass is 35.5. The van der Waals surface area contributed by atoms with E-state index in [0.717, 1.165) is 0 Å². The van der Waals surface area contributed by atoms with Crippen LogP contribution in [0.1, 0.15) is 29.8 Å². The lowest BCUT2D eigenvalue weighted by Crippen LogP contribution is -3.00. The van der Waals surface area contributed by atoms with Gasteiger partial charge in [0.25, 0.3) is 5.91 Å². The fraction of sp³-hybridized carbons (Fsp3) is 0.286. The van der Waals surface area contributed by atoms with Crippen molar-refractivity contribution in [2.75, 3.05) is 25.0 Å². The molecule has 2 aromatic carbocycles. The number of hydrogen-bond donors (Lipinski definition) is 2. The summed E-state index contributed by atoms with van der Waals surface area (Å²) in [5.41, 5.74) is 0.948. The minimum atomic E-state index is -0.363. The van der Waals surface area contributed by atoms with E-state index in [9.17, 15) is 14.4 Å². The quantitative estimate of drug-likeness (QED) is 0.498. The van der Waals surface area contributed by atoms with E-state index < -0.39 is 0 Å². The third-order valence-electron chi connectivity index (χ3n) is 4.27. The van der Waals surface area contributed by atoms with Gasteiger partial charge in [-0.3, -0.25) is 14.4 Å². The zero-order valence-corrected chi connectivity index (χ0v) is 19.2. The standard InChI is InChI=1S/C21H23Cl2N3O3.ClH/c1-13(2)24-11-19(27)25-12-20(28)26(3)18-9-8-14(22)10-16(18)21(29)15-6-4-5-7-17(15)23;/h4-10,13,24H,11-12H2,1-3H3,(H,25,27);1H. The molecule has 2 amide bonds. The van der Waals surface area contributed by atoms with Crippen molar-refractivity contribution in [1.29, 1.82) is 0 Å². The molecule has 9 heteroatoms. The van der Waals surface area contributed by atoms with Gasteiger partial charge < -0.3 is 27.9 Å². The van der Waals surface area contributed by atoms with E-state index in [1.54, 1.807) is 43.4 Å². The molecule has 0 spiro atoms. The van der Waals surface area contributed by atoms with Gasteiger partial charge in [0, 0.05) is 23.2 Å². The van der Waals surface area contributed by atoms with Crippen LogP contribution < -0.4 is 27.9 Å². The van der Waals surface area contributed by atoms with Crippen LogP contribution in [0, 0.1) is 0 Å². The van der Waals surface area contributed by atoms with E-state index in [2.05, 4.69) is 5.32 Å². The third kappa shape index (κ3) is 6.99. The van der Waals surface area contributed by atoms with Crippen LogP contribution in [0.5, 0.6) is 0 Å². The Bertz CT molecular complexity index is 919. The molecule has 0 bridgehead atoms. The summed E-state index contributed by atoms with van der Waals surface area (Å²) in [6, 6.07) is 11.7. The van der Waals surface area contributed by atoms with Crippen LogP contribution in [0.25, 0.3) is 0 Å². The van der Waals surface area contributed by atoms with Crippen LogP contribution in [-0.2, 0) is 9.59 Å². The Hall–Kier alpha value is -2.12. The van der Waals surface area contributed by atoms with E-state index in [4.69, 9.17) is 23.2 Å². The van der Waals surface area contributed by atoms with Crippen molar-refractivity contribution < 1.29 is 32.1 Å². The number of rotatable bonds is 8. The number of quaternary nitrogens is 1. The SMILES string of the molecule is CC(C)[NH2+]CC(=O)NCC(=O)N(C)c1ccc(Cl)cc1C(=O)c1ccccc1Cl.[Cl-]. The maximum atomic E-state index is 13.0. The van der Waals surface area contributed by atoms with Gasteiger partial charge in [0.1, 0.15) is 0 Å². The minimum absolute atomic E-state index is 0. The molecule has 0 radical (unpaired) electrons. The lowest BCUT2D eigenvalue weighted by atomic mass is 10.0. The van der Waals surface area contributed by atoms with E-state index in [0.29, 0.717) is 21.3 Å². The monoisotopic (exact) mass is 471 g/mol. The molecule has 0 fully saturated rings. The van der Waals surface area contributed by atoms with E-state index in [1.807, 2.05) is 19.2 Å². The van der Waals surface area contributed by atoms with E-state index >= 15 is 0 Å². The van der Waals surface area contributed by atoms with Gasteiger partial charge >= 0.3 is 0 Å². The summed E-state index contributed by atoms with van der Waals surface area (Å²) >= 11 is 12.2. The predicted octanol–water partition coefficient (Wildman–Crippen LogP) is -0.721. The molecule has 0 heterocycles. The van der Waals surface area contributed by atoms with Gasteiger partial charge in [-0.1, -0.05) is 35.3 Å². The average Bonchev–Trinajstić information content (AvgIpc) is 2.69. The zero-order chi connectivity index (χ0) is 21.6. The number of halogens is 3. The molecule has 162 valence electrons. The Labute approximate surface area is 192 Å². The topological polar surface area (TPSA) is 83.1 Å². The molecule has 0 saturated carbocycles. The van der Waals surface area contributed by atoms with Crippen LogP contribution in [0.2, 0.25) is 10.0 Å². The number of benzene rings is 2. The number of likely N-dealkylation sites (N-methyl/N-ethyl adjacent to an activating group) is 1. The molecule has 0 atom stereocenters. The number of anilines is 1. The average molecular weight is 473 g/mol. The molecule has 0 saturated heterocycles. The molecule has 0 unspecified atom stereocenters. The maximum Gasteiger partial charge on any atom is 0.275 e. The normalized spacial score (nSPS) is 10.3. The molecule has 6 nitrogen and oxygen atoms in total. The van der Waals surface area contributed by atoms with Crippen LogP contribution in [-0.4, -0.2) is 43.8 Å². The summed E-state index contributed by atoms with van der Waals surface area (Å²) in [7, 11) is 1.54. The lowest BCUT2D eigenvalue weighted by Gasteiger charge is -2.21. The summed E-state index contributed by atoms with van der Waals surface area (Å²) in [6.45, 7) is 4.02. The van der Waals surface area contributed by atoms with Gasteiger partial charge in [0.05, 0.1) is 23.3 Å². The van der Waals surface area contributed by atoms with Crippen LogP contribution in [0.15, 0.2) is 42.5 Å². The molecule has 0 aliphatic rings. The smallest absolute Gasteiger partial charge is 0.275 e. The second-order valence-corrected chi connectivity index (χ2v) is 7.73. The zero-order valence-electron chi connectivity index (χ0n) is 16.9. The molecule has 2 rings (SSSR count). The lowest BCUT2D eigenvalue weighted by molar-refractivity contribution is -0.672. The summed E-state index contributed by atoms with van der Waals surface area (Å²) in [5.74, 6) is -0.939. The van der Waals surface area contributed by atoms with Gasteiger partial charge in [-0.05, 0) is 44.2 Å². The highest BCUT2D eigenvalue weighted by molar-refractivity contribution is 6.36. The predicted molar refractivity (Wildman–Crippen MR) is 115 cm³/mol. The van der Waals surface area contributed by atoms with Crippen LogP contribution >= 0.6 is 23.2 Å². The molecule has 3 N–H and O–H groups in total. The molecule has 2 aromatic rings. The largest absolute Gasteiger partial charge is 1.00 e. The Morgan fingerprint density at radius 2 is 1.73 bits per heavy atom. The van der Waals surface area contributed by atoms with Gasteiger partial charge in [-0.15, -0.1) is 0 Å². The number of nitrogens with two attached hydrogens (primary N) is 1. The number of nitrogens with zero attached hydrogens (tertiary/aromatic N) is 1. The maximum absolute atomic E-state index is 13.0. The number of amides is 2. The first-order valence-electron chi connectivity index (χ1n) is 9.16. The molecule has 0 aliphatic heterocycles. The van der Waals surface area contributed by atoms with Crippen molar-refractivity contribution in [2.45, 2.75) is 19.9 Å². The summed E-state index contributed by atoms with van der Waals surface area (Å²) in [5, 5.41) is 5.13. The van der Waals surface area contributed by atoms with Gasteiger partial charge in [0.15, 0.2) is 12.3 Å². The highest BCUT2D eigenvalue weighted by Crippen LogP contribution is 2.28. The molecule has 30 heavy (non-hydrogen) atoms. The van der Waals surface area contributed by atoms with Crippen molar-refractivity contribution in [1.82, 2.24) is 5.32 Å². The second-order valence-electron chi connectivity index (χ2n) is 6.88. The molecular formula is C21H24Cl3N3O3. The summed E-state index contributed by atoms with van der Waals surface area (Å²) in [6.07, 6.45) is 0. The van der Waals surface area contributed by atoms with Gasteiger partial charge in [0.2, 0.25) is 5.91 Å².